The summed E-state index contributed by atoms with van der Waals surface area (Å²) in [5.74, 6) is -1.32. The number of fused-ring (bicyclic) bond motifs is 3. The van der Waals surface area contributed by atoms with Crippen LogP contribution in [0.15, 0.2) is 68.6 Å². The van der Waals surface area contributed by atoms with E-state index in [0.717, 1.165) is 6.92 Å². The van der Waals surface area contributed by atoms with Gasteiger partial charge in [0.15, 0.2) is 11.4 Å². The highest BCUT2D eigenvalue weighted by atomic mass is 16.4. The average Bonchev–Trinajstić information content (AvgIpc) is 2.62. The first kappa shape index (κ1) is 15.8. The first-order valence-corrected chi connectivity index (χ1v) is 7.90. The minimum absolute atomic E-state index is 0.0368. The molecule has 0 aliphatic heterocycles. The SMILES string of the molecule is CC(=O)c1c(O)c2c(=O)n(-c3ccccc3)c3ccccc3c2oc1=O. The molecule has 6 nitrogen and oxygen atoms in total. The molecule has 0 radical (unpaired) electrons. The van der Waals surface area contributed by atoms with Gasteiger partial charge in [-0.3, -0.25) is 14.2 Å². The van der Waals surface area contributed by atoms with Crippen LogP contribution in [-0.4, -0.2) is 15.5 Å². The minimum Gasteiger partial charge on any atom is -0.506 e. The highest BCUT2D eigenvalue weighted by Gasteiger charge is 2.23. The molecule has 2 aromatic heterocycles. The molecule has 0 bridgehead atoms. The van der Waals surface area contributed by atoms with E-state index in [2.05, 4.69) is 0 Å². The number of rotatable bonds is 2. The fourth-order valence-electron chi connectivity index (χ4n) is 3.14. The van der Waals surface area contributed by atoms with Crippen molar-refractivity contribution in [2.45, 2.75) is 6.92 Å². The number of hydrogen-bond donors (Lipinski definition) is 1. The van der Waals surface area contributed by atoms with E-state index in [1.165, 1.54) is 4.57 Å². The molecular weight excluding hydrogens is 334 g/mol. The van der Waals surface area contributed by atoms with E-state index in [4.69, 9.17) is 4.42 Å². The van der Waals surface area contributed by atoms with Crippen LogP contribution in [0.5, 0.6) is 5.75 Å². The summed E-state index contributed by atoms with van der Waals surface area (Å²) in [6, 6.07) is 15.8. The monoisotopic (exact) mass is 347 g/mol. The fourth-order valence-corrected chi connectivity index (χ4v) is 3.14. The van der Waals surface area contributed by atoms with Crippen molar-refractivity contribution in [3.8, 4) is 11.4 Å². The molecule has 0 unspecified atom stereocenters. The second-order valence-electron chi connectivity index (χ2n) is 5.87. The summed E-state index contributed by atoms with van der Waals surface area (Å²) in [6.45, 7) is 1.13. The minimum atomic E-state index is -0.968. The summed E-state index contributed by atoms with van der Waals surface area (Å²) >= 11 is 0. The predicted octanol–water partition coefficient (Wildman–Crippen LogP) is 3.01. The van der Waals surface area contributed by atoms with Crippen molar-refractivity contribution in [3.63, 3.8) is 0 Å². The lowest BCUT2D eigenvalue weighted by molar-refractivity contribution is 0.101. The number of aromatic nitrogens is 1. The third-order valence-corrected chi connectivity index (χ3v) is 4.27. The summed E-state index contributed by atoms with van der Waals surface area (Å²) in [6.07, 6.45) is 0. The van der Waals surface area contributed by atoms with Crippen LogP contribution in [0.25, 0.3) is 27.6 Å². The Hall–Kier alpha value is -3.67. The quantitative estimate of drug-likeness (QED) is 0.445. The molecule has 0 saturated carbocycles. The second kappa shape index (κ2) is 5.70. The zero-order valence-corrected chi connectivity index (χ0v) is 13.7. The van der Waals surface area contributed by atoms with Crippen molar-refractivity contribution < 1.29 is 14.3 Å². The van der Waals surface area contributed by atoms with Crippen LogP contribution in [0, 0.1) is 0 Å². The Morgan fingerprint density at radius 2 is 1.65 bits per heavy atom. The van der Waals surface area contributed by atoms with Gasteiger partial charge in [-0.05, 0) is 31.2 Å². The van der Waals surface area contributed by atoms with Crippen molar-refractivity contribution in [2.75, 3.05) is 0 Å². The summed E-state index contributed by atoms with van der Waals surface area (Å²) in [4.78, 5) is 37.1. The highest BCUT2D eigenvalue weighted by molar-refractivity contribution is 6.08. The van der Waals surface area contributed by atoms with Gasteiger partial charge in [0.05, 0.1) is 5.52 Å². The lowest BCUT2D eigenvalue weighted by Crippen LogP contribution is -2.22. The van der Waals surface area contributed by atoms with Crippen LogP contribution in [0.1, 0.15) is 17.3 Å². The van der Waals surface area contributed by atoms with E-state index >= 15 is 0 Å². The molecule has 0 fully saturated rings. The molecule has 0 saturated heterocycles. The smallest absolute Gasteiger partial charge is 0.351 e. The molecule has 1 N–H and O–H groups in total. The van der Waals surface area contributed by atoms with Gasteiger partial charge in [-0.15, -0.1) is 0 Å². The molecule has 0 atom stereocenters. The van der Waals surface area contributed by atoms with Gasteiger partial charge in [0, 0.05) is 11.1 Å². The molecule has 0 amide bonds. The maximum atomic E-state index is 13.2. The van der Waals surface area contributed by atoms with Crippen LogP contribution in [0.3, 0.4) is 0 Å². The van der Waals surface area contributed by atoms with E-state index in [1.807, 2.05) is 6.07 Å². The second-order valence-corrected chi connectivity index (χ2v) is 5.87. The maximum absolute atomic E-state index is 13.2. The number of para-hydroxylation sites is 2. The van der Waals surface area contributed by atoms with Gasteiger partial charge in [0.25, 0.3) is 5.56 Å². The molecule has 128 valence electrons. The predicted molar refractivity (Wildman–Crippen MR) is 97.3 cm³/mol. The Labute approximate surface area is 146 Å². The highest BCUT2D eigenvalue weighted by Crippen LogP contribution is 2.30. The van der Waals surface area contributed by atoms with Crippen molar-refractivity contribution in [1.29, 1.82) is 0 Å². The molecule has 2 heterocycles. The number of carbonyl (C=O) groups is 1. The summed E-state index contributed by atoms with van der Waals surface area (Å²) in [5.41, 5.74) is -0.993. The van der Waals surface area contributed by atoms with E-state index in [-0.39, 0.29) is 11.0 Å². The first-order valence-electron chi connectivity index (χ1n) is 7.90. The molecule has 4 aromatic rings. The molecule has 6 heteroatoms. The van der Waals surface area contributed by atoms with Crippen LogP contribution < -0.4 is 11.2 Å². The Bertz CT molecular complexity index is 1300. The number of Topliss-reactive ketones (excluding diaryl/α,β-unsaturated/α-hetero) is 1. The number of pyridine rings is 1. The van der Waals surface area contributed by atoms with Crippen LogP contribution in [-0.2, 0) is 0 Å². The van der Waals surface area contributed by atoms with Crippen molar-refractivity contribution in [1.82, 2.24) is 4.57 Å². The van der Waals surface area contributed by atoms with Crippen molar-refractivity contribution in [2.24, 2.45) is 0 Å². The Morgan fingerprint density at radius 3 is 2.35 bits per heavy atom. The Kier molecular flexibility index (Phi) is 3.47. The van der Waals surface area contributed by atoms with Gasteiger partial charge < -0.3 is 9.52 Å². The summed E-state index contributed by atoms with van der Waals surface area (Å²) < 4.78 is 6.69. The number of hydrogen-bond acceptors (Lipinski definition) is 5. The molecule has 2 aromatic carbocycles. The van der Waals surface area contributed by atoms with Crippen LogP contribution in [0.2, 0.25) is 0 Å². The topological polar surface area (TPSA) is 89.5 Å². The number of ketones is 1. The van der Waals surface area contributed by atoms with E-state index in [9.17, 15) is 19.5 Å². The van der Waals surface area contributed by atoms with Crippen molar-refractivity contribution >= 4 is 27.7 Å². The lowest BCUT2D eigenvalue weighted by atomic mass is 10.1. The molecule has 0 aliphatic rings. The zero-order valence-electron chi connectivity index (χ0n) is 13.7. The number of aromatic hydroxyl groups is 1. The standard InChI is InChI=1S/C20H13NO5/c1-11(22)15-17(23)16-18(26-20(15)25)13-9-5-6-10-14(13)21(19(16)24)12-7-3-2-4-8-12/h2-10,23H,1H3. The molecule has 0 spiro atoms. The van der Waals surface area contributed by atoms with E-state index in [1.54, 1.807) is 48.5 Å². The van der Waals surface area contributed by atoms with Crippen LogP contribution in [0.4, 0.5) is 0 Å². The largest absolute Gasteiger partial charge is 0.506 e. The average molecular weight is 347 g/mol. The third kappa shape index (κ3) is 2.16. The van der Waals surface area contributed by atoms with Gasteiger partial charge in [-0.1, -0.05) is 30.3 Å². The van der Waals surface area contributed by atoms with E-state index < -0.39 is 28.3 Å². The molecule has 4 rings (SSSR count). The van der Waals surface area contributed by atoms with Crippen molar-refractivity contribution in [3.05, 3.63) is 80.9 Å². The zero-order chi connectivity index (χ0) is 18.4. The Balaban J connectivity index is 2.33. The normalized spacial score (nSPS) is 11.1. The molecule has 26 heavy (non-hydrogen) atoms. The van der Waals surface area contributed by atoms with Gasteiger partial charge in [0.2, 0.25) is 0 Å². The summed E-state index contributed by atoms with van der Waals surface area (Å²) in [7, 11) is 0. The Morgan fingerprint density at radius 1 is 1.00 bits per heavy atom. The van der Waals surface area contributed by atoms with Gasteiger partial charge in [-0.2, -0.15) is 0 Å². The van der Waals surface area contributed by atoms with Gasteiger partial charge >= 0.3 is 5.63 Å². The summed E-state index contributed by atoms with van der Waals surface area (Å²) in [5, 5.41) is 10.8. The number of benzene rings is 2. The van der Waals surface area contributed by atoms with Gasteiger partial charge in [0.1, 0.15) is 16.7 Å². The van der Waals surface area contributed by atoms with Gasteiger partial charge in [-0.25, -0.2) is 4.79 Å². The first-order chi connectivity index (χ1) is 12.5. The number of carbonyl (C=O) groups excluding carboxylic acids is 1. The van der Waals surface area contributed by atoms with E-state index in [0.29, 0.717) is 16.6 Å². The van der Waals surface area contributed by atoms with Crippen LogP contribution >= 0.6 is 0 Å². The molecule has 0 aliphatic carbocycles. The molecular formula is C20H13NO5. The number of nitrogens with zero attached hydrogens (tertiary/aromatic N) is 1. The third-order valence-electron chi connectivity index (χ3n) is 4.27. The lowest BCUT2D eigenvalue weighted by Gasteiger charge is -2.13. The maximum Gasteiger partial charge on any atom is 0.351 e. The fraction of sp³-hybridized carbons (Fsp3) is 0.0500.